The van der Waals surface area contributed by atoms with Gasteiger partial charge in [0.15, 0.2) is 0 Å². The number of methoxy groups -OCH3 is 4. The molecule has 2 aromatic carbocycles. The highest BCUT2D eigenvalue weighted by molar-refractivity contribution is 7.77. The molecule has 2 atom stereocenters. The van der Waals surface area contributed by atoms with Crippen LogP contribution in [0.4, 0.5) is 0 Å². The summed E-state index contributed by atoms with van der Waals surface area (Å²) in [5.41, 5.74) is -1.04. The highest BCUT2D eigenvalue weighted by atomic mass is 31.2. The highest BCUT2D eigenvalue weighted by Crippen LogP contribution is 2.56. The van der Waals surface area contributed by atoms with Crippen LogP contribution in [0.25, 0.3) is 0 Å². The topological polar surface area (TPSA) is 97.4 Å². The van der Waals surface area contributed by atoms with Gasteiger partial charge in [-0.1, -0.05) is 39.8 Å². The molecule has 2 unspecified atom stereocenters. The third kappa shape index (κ3) is 6.79. The fraction of sp³-hybridized carbons (Fsp3) is 0.462. The van der Waals surface area contributed by atoms with Gasteiger partial charge < -0.3 is 23.5 Å². The van der Waals surface area contributed by atoms with Gasteiger partial charge in [-0.25, -0.2) is 4.79 Å². The van der Waals surface area contributed by atoms with Crippen LogP contribution in [0, 0.1) is 11.3 Å². The first-order valence-corrected chi connectivity index (χ1v) is 13.0. The molecule has 2 rings (SSSR count). The first kappa shape index (κ1) is 28.2. The van der Waals surface area contributed by atoms with E-state index in [4.69, 9.17) is 23.5 Å². The first-order chi connectivity index (χ1) is 16.4. The average Bonchev–Trinajstić information content (AvgIpc) is 2.80. The van der Waals surface area contributed by atoms with Gasteiger partial charge in [0.25, 0.3) is 5.52 Å². The molecule has 192 valence electrons. The van der Waals surface area contributed by atoms with Crippen LogP contribution in [0.5, 0.6) is 23.0 Å². The molecule has 35 heavy (non-hydrogen) atoms. The van der Waals surface area contributed by atoms with Crippen molar-refractivity contribution >= 4 is 18.9 Å². The molecule has 0 aromatic heterocycles. The molecule has 0 aliphatic carbocycles. The van der Waals surface area contributed by atoms with Gasteiger partial charge in [-0.2, -0.15) is 0 Å². The van der Waals surface area contributed by atoms with E-state index in [0.29, 0.717) is 6.42 Å². The van der Waals surface area contributed by atoms with Crippen molar-refractivity contribution in [1.29, 1.82) is 0 Å². The Hall–Kier alpha value is -2.99. The Morgan fingerprint density at radius 1 is 0.800 bits per heavy atom. The zero-order valence-electron chi connectivity index (χ0n) is 21.7. The zero-order valence-corrected chi connectivity index (χ0v) is 22.6. The van der Waals surface area contributed by atoms with Crippen LogP contribution in [-0.2, 0) is 9.09 Å². The standard InChI is InChI=1S/C26H35O8P/c1-17(15-26(2,3)4)16-35(29,25(28)23-20(32-7)13-10-14-21(23)33-8)34-24(27)22-18(30-5)11-9-12-19(22)31-6/h9-14,17H,15-16H2,1-8H3. The second kappa shape index (κ2) is 11.6. The van der Waals surface area contributed by atoms with E-state index in [1.807, 2.05) is 27.7 Å². The summed E-state index contributed by atoms with van der Waals surface area (Å²) in [6, 6.07) is 9.51. The van der Waals surface area contributed by atoms with Gasteiger partial charge in [0.05, 0.1) is 28.4 Å². The lowest BCUT2D eigenvalue weighted by Gasteiger charge is -2.27. The van der Waals surface area contributed by atoms with Gasteiger partial charge in [0, 0.05) is 6.16 Å². The lowest BCUT2D eigenvalue weighted by Crippen LogP contribution is -2.20. The number of rotatable bonds is 11. The van der Waals surface area contributed by atoms with E-state index in [0.717, 1.165) is 0 Å². The fourth-order valence-electron chi connectivity index (χ4n) is 4.15. The maximum Gasteiger partial charge on any atom is 0.351 e. The molecule has 0 fully saturated rings. The minimum absolute atomic E-state index is 0.0383. The Morgan fingerprint density at radius 2 is 1.20 bits per heavy atom. The summed E-state index contributed by atoms with van der Waals surface area (Å²) in [7, 11) is 1.27. The van der Waals surface area contributed by atoms with Crippen LogP contribution < -0.4 is 18.9 Å². The molecule has 0 saturated heterocycles. The number of ether oxygens (including phenoxy) is 4. The van der Waals surface area contributed by atoms with Gasteiger partial charge in [0.2, 0.25) is 0 Å². The Morgan fingerprint density at radius 3 is 1.57 bits per heavy atom. The van der Waals surface area contributed by atoms with Crippen molar-refractivity contribution in [2.45, 2.75) is 34.1 Å². The largest absolute Gasteiger partial charge is 0.496 e. The molecule has 0 bridgehead atoms. The van der Waals surface area contributed by atoms with Crippen molar-refractivity contribution in [1.82, 2.24) is 0 Å². The van der Waals surface area contributed by atoms with Crippen LogP contribution in [0.2, 0.25) is 0 Å². The monoisotopic (exact) mass is 506 g/mol. The van der Waals surface area contributed by atoms with Gasteiger partial charge in [0.1, 0.15) is 34.1 Å². The second-order valence-electron chi connectivity index (χ2n) is 9.48. The number of hydrogen-bond donors (Lipinski definition) is 0. The van der Waals surface area contributed by atoms with Crippen molar-refractivity contribution in [3.63, 3.8) is 0 Å². The average molecular weight is 507 g/mol. The van der Waals surface area contributed by atoms with Crippen molar-refractivity contribution in [3.8, 4) is 23.0 Å². The zero-order chi connectivity index (χ0) is 26.4. The molecule has 0 amide bonds. The van der Waals surface area contributed by atoms with Gasteiger partial charge >= 0.3 is 13.3 Å². The van der Waals surface area contributed by atoms with Gasteiger partial charge in [-0.3, -0.25) is 9.36 Å². The Balaban J connectivity index is 2.62. The van der Waals surface area contributed by atoms with E-state index < -0.39 is 18.9 Å². The smallest absolute Gasteiger partial charge is 0.351 e. The van der Waals surface area contributed by atoms with E-state index in [2.05, 4.69) is 0 Å². The quantitative estimate of drug-likeness (QED) is 0.339. The minimum Gasteiger partial charge on any atom is -0.496 e. The summed E-state index contributed by atoms with van der Waals surface area (Å²) < 4.78 is 41.2. The van der Waals surface area contributed by atoms with E-state index in [1.165, 1.54) is 28.4 Å². The van der Waals surface area contributed by atoms with Crippen molar-refractivity contribution in [2.75, 3.05) is 34.6 Å². The van der Waals surface area contributed by atoms with Crippen LogP contribution in [0.15, 0.2) is 36.4 Å². The summed E-state index contributed by atoms with van der Waals surface area (Å²) in [4.78, 5) is 27.2. The highest BCUT2D eigenvalue weighted by Gasteiger charge is 2.43. The molecule has 0 heterocycles. The summed E-state index contributed by atoms with van der Waals surface area (Å²) in [5.74, 6) is -0.490. The molecule has 2 aromatic rings. The lowest BCUT2D eigenvalue weighted by atomic mass is 9.86. The summed E-state index contributed by atoms with van der Waals surface area (Å²) >= 11 is 0. The summed E-state index contributed by atoms with van der Waals surface area (Å²) in [6.45, 7) is 8.02. The van der Waals surface area contributed by atoms with E-state index in [9.17, 15) is 14.2 Å². The molecule has 0 aliphatic rings. The Kier molecular flexibility index (Phi) is 9.38. The van der Waals surface area contributed by atoms with Crippen LogP contribution in [0.1, 0.15) is 54.8 Å². The number of carbonyl (C=O) groups excluding carboxylic acids is 2. The molecular formula is C26H35O8P. The third-order valence-electron chi connectivity index (χ3n) is 5.33. The molecular weight excluding hydrogens is 471 g/mol. The van der Waals surface area contributed by atoms with Gasteiger partial charge in [-0.05, 0) is 42.0 Å². The molecule has 0 radical (unpaired) electrons. The van der Waals surface area contributed by atoms with E-state index in [1.54, 1.807) is 36.4 Å². The number of hydrogen-bond acceptors (Lipinski definition) is 8. The van der Waals surface area contributed by atoms with E-state index in [-0.39, 0.29) is 51.6 Å². The molecule has 8 nitrogen and oxygen atoms in total. The van der Waals surface area contributed by atoms with Crippen LogP contribution in [0.3, 0.4) is 0 Å². The number of carbonyl (C=O) groups is 2. The molecule has 0 spiro atoms. The lowest BCUT2D eigenvalue weighted by molar-refractivity contribution is 0.0719. The molecule has 9 heteroatoms. The Labute approximate surface area is 207 Å². The summed E-state index contributed by atoms with van der Waals surface area (Å²) in [6.07, 6.45) is 0.510. The maximum atomic E-state index is 14.3. The molecule has 0 N–H and O–H groups in total. The molecule has 0 saturated carbocycles. The van der Waals surface area contributed by atoms with Gasteiger partial charge in [-0.15, -0.1) is 0 Å². The minimum atomic E-state index is -4.30. The van der Waals surface area contributed by atoms with Crippen molar-refractivity contribution in [3.05, 3.63) is 47.5 Å². The normalized spacial score (nSPS) is 13.8. The molecule has 0 aliphatic heterocycles. The van der Waals surface area contributed by atoms with Crippen LogP contribution in [-0.4, -0.2) is 46.1 Å². The predicted molar refractivity (Wildman–Crippen MR) is 135 cm³/mol. The Bertz CT molecular complexity index is 1060. The predicted octanol–water partition coefficient (Wildman–Crippen LogP) is 6.07. The SMILES string of the molecule is COc1cccc(OC)c1C(=O)OP(=O)(CC(C)CC(C)(C)C)C(=O)c1c(OC)cccc1OC. The van der Waals surface area contributed by atoms with E-state index >= 15 is 0 Å². The first-order valence-electron chi connectivity index (χ1n) is 11.2. The second-order valence-corrected chi connectivity index (χ2v) is 11.8. The fourth-order valence-corrected chi connectivity index (χ4v) is 6.34. The third-order valence-corrected chi connectivity index (χ3v) is 7.73. The maximum absolute atomic E-state index is 14.3. The number of benzene rings is 2. The van der Waals surface area contributed by atoms with Crippen LogP contribution >= 0.6 is 7.37 Å². The summed E-state index contributed by atoms with van der Waals surface area (Å²) in [5, 5.41) is 0. The van der Waals surface area contributed by atoms with Crippen molar-refractivity contribution in [2.24, 2.45) is 11.3 Å². The van der Waals surface area contributed by atoms with Crippen molar-refractivity contribution < 1.29 is 37.6 Å².